The van der Waals surface area contributed by atoms with Crippen molar-refractivity contribution in [2.24, 2.45) is 11.3 Å². The Kier molecular flexibility index (Phi) is 9.14. The number of hydrogen-bond donors (Lipinski definition) is 0. The average Bonchev–Trinajstić information content (AvgIpc) is 2.86. The normalized spacial score (nSPS) is 28.4. The van der Waals surface area contributed by atoms with E-state index in [1.807, 2.05) is 7.11 Å². The fourth-order valence-corrected chi connectivity index (χ4v) is 6.82. The second-order valence-corrected chi connectivity index (χ2v) is 12.8. The first kappa shape index (κ1) is 27.6. The summed E-state index contributed by atoms with van der Waals surface area (Å²) >= 11 is 0. The molecule has 1 aromatic rings. The minimum atomic E-state index is 0.236. The molecule has 1 aromatic carbocycles. The molecule has 204 valence electrons. The third kappa shape index (κ3) is 6.51. The molecule has 0 N–H and O–H groups in total. The van der Waals surface area contributed by atoms with Gasteiger partial charge in [0.15, 0.2) is 0 Å². The summed E-state index contributed by atoms with van der Waals surface area (Å²) in [5.74, 6) is 2.49. The fourth-order valence-electron chi connectivity index (χ4n) is 6.82. The topological polar surface area (TPSA) is 28.2 Å². The first-order chi connectivity index (χ1) is 17.2. The molecule has 0 aromatic heterocycles. The molecule has 2 saturated heterocycles. The maximum atomic E-state index is 6.06. The van der Waals surface area contributed by atoms with Crippen molar-refractivity contribution in [3.05, 3.63) is 17.7 Å². The first-order valence-corrected chi connectivity index (χ1v) is 14.8. The van der Waals surface area contributed by atoms with Gasteiger partial charge in [-0.2, -0.15) is 0 Å². The van der Waals surface area contributed by atoms with Crippen LogP contribution in [0.15, 0.2) is 12.1 Å². The van der Waals surface area contributed by atoms with E-state index in [4.69, 9.17) is 9.47 Å². The lowest BCUT2D eigenvalue weighted by molar-refractivity contribution is -0.00533. The number of rotatable bonds is 7. The molecule has 2 heterocycles. The monoisotopic (exact) mass is 499 g/mol. The summed E-state index contributed by atoms with van der Waals surface area (Å²) in [6.45, 7) is 21.6. The van der Waals surface area contributed by atoms with Crippen molar-refractivity contribution in [3.63, 3.8) is 0 Å². The van der Waals surface area contributed by atoms with Crippen molar-refractivity contribution in [1.82, 2.24) is 4.90 Å². The molecule has 3 aliphatic rings. The van der Waals surface area contributed by atoms with Crippen LogP contribution in [0.3, 0.4) is 0 Å². The first-order valence-electron chi connectivity index (χ1n) is 14.8. The van der Waals surface area contributed by atoms with Crippen LogP contribution in [-0.4, -0.2) is 70.0 Å². The Morgan fingerprint density at radius 3 is 2.08 bits per heavy atom. The number of piperazine rings is 1. The van der Waals surface area contributed by atoms with Crippen LogP contribution in [0.2, 0.25) is 0 Å². The van der Waals surface area contributed by atoms with E-state index in [0.29, 0.717) is 11.3 Å². The van der Waals surface area contributed by atoms with E-state index in [1.165, 1.54) is 69.5 Å². The Morgan fingerprint density at radius 2 is 1.53 bits per heavy atom. The van der Waals surface area contributed by atoms with Crippen LogP contribution in [0, 0.1) is 11.3 Å². The van der Waals surface area contributed by atoms with Crippen molar-refractivity contribution >= 4 is 11.4 Å². The zero-order chi connectivity index (χ0) is 25.9. The molecule has 0 radical (unpaired) electrons. The molecular weight excluding hydrogens is 446 g/mol. The lowest BCUT2D eigenvalue weighted by Crippen LogP contribution is -2.47. The van der Waals surface area contributed by atoms with E-state index in [-0.39, 0.29) is 12.2 Å². The van der Waals surface area contributed by atoms with E-state index < -0.39 is 0 Å². The fraction of sp³-hybridized carbons (Fsp3) is 0.806. The predicted molar refractivity (Wildman–Crippen MR) is 153 cm³/mol. The Morgan fingerprint density at radius 1 is 0.889 bits per heavy atom. The van der Waals surface area contributed by atoms with Gasteiger partial charge in [-0.3, -0.25) is 4.90 Å². The molecule has 2 aliphatic heterocycles. The minimum absolute atomic E-state index is 0.236. The van der Waals surface area contributed by atoms with Crippen LogP contribution in [-0.2, 0) is 4.74 Å². The number of anilines is 2. The lowest BCUT2D eigenvalue weighted by Gasteiger charge is -2.42. The zero-order valence-electron chi connectivity index (χ0n) is 24.3. The standard InChI is InChI=1S/C31H53N3O2/c1-8-9-14-32-15-17-33(18-16-32)28-20-30(35-7)29(34-21-23(2)36-24(3)22-34)19-27(28)25-10-12-26(13-11-25)31(4,5)6/h19-20,23-26H,8-18,21-22H2,1-7H3/t23-,24+,25?,26?. The molecule has 1 aliphatic carbocycles. The summed E-state index contributed by atoms with van der Waals surface area (Å²) in [6, 6.07) is 4.90. The summed E-state index contributed by atoms with van der Waals surface area (Å²) in [7, 11) is 1.84. The third-order valence-electron chi connectivity index (χ3n) is 9.02. The molecule has 36 heavy (non-hydrogen) atoms. The zero-order valence-corrected chi connectivity index (χ0v) is 24.3. The molecule has 0 bridgehead atoms. The highest BCUT2D eigenvalue weighted by atomic mass is 16.5. The highest BCUT2D eigenvalue weighted by Crippen LogP contribution is 2.48. The number of morpholine rings is 1. The molecule has 5 nitrogen and oxygen atoms in total. The van der Waals surface area contributed by atoms with E-state index in [9.17, 15) is 0 Å². The van der Waals surface area contributed by atoms with Crippen LogP contribution in [0.5, 0.6) is 5.75 Å². The number of ether oxygens (including phenoxy) is 2. The molecular formula is C31H53N3O2. The van der Waals surface area contributed by atoms with Crippen molar-refractivity contribution in [2.45, 2.75) is 98.2 Å². The third-order valence-corrected chi connectivity index (χ3v) is 9.02. The van der Waals surface area contributed by atoms with Crippen LogP contribution in [0.1, 0.15) is 91.5 Å². The van der Waals surface area contributed by atoms with Gasteiger partial charge in [-0.15, -0.1) is 0 Å². The Labute approximate surface area is 221 Å². The summed E-state index contributed by atoms with van der Waals surface area (Å²) in [6.07, 6.45) is 8.33. The largest absolute Gasteiger partial charge is 0.495 e. The van der Waals surface area contributed by atoms with Crippen LogP contribution in [0.25, 0.3) is 0 Å². The van der Waals surface area contributed by atoms with E-state index in [0.717, 1.165) is 37.8 Å². The summed E-state index contributed by atoms with van der Waals surface area (Å²) in [5, 5.41) is 0. The molecule has 0 amide bonds. The van der Waals surface area contributed by atoms with E-state index in [1.54, 1.807) is 5.56 Å². The van der Waals surface area contributed by atoms with Crippen LogP contribution < -0.4 is 14.5 Å². The predicted octanol–water partition coefficient (Wildman–Crippen LogP) is 6.55. The minimum Gasteiger partial charge on any atom is -0.495 e. The van der Waals surface area contributed by atoms with Gasteiger partial charge in [-0.1, -0.05) is 34.1 Å². The molecule has 5 heteroatoms. The van der Waals surface area contributed by atoms with E-state index in [2.05, 4.69) is 68.4 Å². The average molecular weight is 500 g/mol. The molecule has 0 spiro atoms. The maximum Gasteiger partial charge on any atom is 0.144 e. The van der Waals surface area contributed by atoms with Crippen LogP contribution >= 0.6 is 0 Å². The molecule has 2 atom stereocenters. The summed E-state index contributed by atoms with van der Waals surface area (Å²) in [4.78, 5) is 7.81. The highest BCUT2D eigenvalue weighted by molar-refractivity contribution is 5.71. The van der Waals surface area contributed by atoms with Gasteiger partial charge in [-0.25, -0.2) is 0 Å². The Balaban J connectivity index is 1.63. The quantitative estimate of drug-likeness (QED) is 0.424. The smallest absolute Gasteiger partial charge is 0.144 e. The van der Waals surface area contributed by atoms with Gasteiger partial charge in [0.25, 0.3) is 0 Å². The lowest BCUT2D eigenvalue weighted by atomic mass is 9.68. The summed E-state index contributed by atoms with van der Waals surface area (Å²) < 4.78 is 12.1. The molecule has 0 unspecified atom stereocenters. The number of unbranched alkanes of at least 4 members (excludes halogenated alkanes) is 1. The molecule has 3 fully saturated rings. The number of benzene rings is 1. The number of nitrogens with zero attached hydrogens (tertiary/aromatic N) is 3. The van der Waals surface area contributed by atoms with Crippen molar-refractivity contribution < 1.29 is 9.47 Å². The van der Waals surface area contributed by atoms with Crippen molar-refractivity contribution in [1.29, 1.82) is 0 Å². The molecule has 1 saturated carbocycles. The van der Waals surface area contributed by atoms with Gasteiger partial charge in [0, 0.05) is 51.0 Å². The van der Waals surface area contributed by atoms with Gasteiger partial charge in [0.2, 0.25) is 0 Å². The Hall–Kier alpha value is -1.46. The van der Waals surface area contributed by atoms with Crippen LogP contribution in [0.4, 0.5) is 11.4 Å². The Bertz CT molecular complexity index is 825. The van der Waals surface area contributed by atoms with E-state index >= 15 is 0 Å². The highest BCUT2D eigenvalue weighted by Gasteiger charge is 2.34. The van der Waals surface area contributed by atoms with Gasteiger partial charge >= 0.3 is 0 Å². The second-order valence-electron chi connectivity index (χ2n) is 12.8. The maximum absolute atomic E-state index is 6.06. The number of hydrogen-bond acceptors (Lipinski definition) is 5. The van der Waals surface area contributed by atoms with Crippen molar-refractivity contribution in [3.8, 4) is 5.75 Å². The second kappa shape index (κ2) is 11.9. The van der Waals surface area contributed by atoms with Gasteiger partial charge in [0.05, 0.1) is 25.0 Å². The summed E-state index contributed by atoms with van der Waals surface area (Å²) in [5.41, 5.74) is 4.66. The van der Waals surface area contributed by atoms with Crippen molar-refractivity contribution in [2.75, 3.05) is 62.7 Å². The SMILES string of the molecule is CCCCN1CCN(c2cc(OC)c(N3C[C@@H](C)O[C@@H](C)C3)cc2C2CCC(C(C)(C)C)CC2)CC1. The molecule has 4 rings (SSSR count). The number of methoxy groups -OCH3 is 1. The van der Waals surface area contributed by atoms with Gasteiger partial charge < -0.3 is 19.3 Å². The van der Waals surface area contributed by atoms with Gasteiger partial charge in [-0.05, 0) is 81.4 Å². The van der Waals surface area contributed by atoms with Gasteiger partial charge in [0.1, 0.15) is 5.75 Å².